The molecule has 0 spiro atoms. The Morgan fingerprint density at radius 3 is 2.65 bits per heavy atom. The Morgan fingerprint density at radius 2 is 2.18 bits per heavy atom. The fourth-order valence-electron chi connectivity index (χ4n) is 1.52. The number of rotatable bonds is 4. The SMILES string of the molecule is COC(=O)C1CCN1C(=O)OCC=CC(C)C. The molecule has 0 radical (unpaired) electrons. The molecule has 0 aromatic carbocycles. The Morgan fingerprint density at radius 1 is 1.47 bits per heavy atom. The largest absolute Gasteiger partial charge is 0.467 e. The average molecular weight is 241 g/mol. The fraction of sp³-hybridized carbons (Fsp3) is 0.667. The normalized spacial score (nSPS) is 19.3. The summed E-state index contributed by atoms with van der Waals surface area (Å²) in [4.78, 5) is 24.2. The minimum absolute atomic E-state index is 0.238. The number of methoxy groups -OCH3 is 1. The van der Waals surface area contributed by atoms with Gasteiger partial charge in [-0.15, -0.1) is 0 Å². The van der Waals surface area contributed by atoms with E-state index >= 15 is 0 Å². The molecule has 0 N–H and O–H groups in total. The van der Waals surface area contributed by atoms with Crippen molar-refractivity contribution in [3.63, 3.8) is 0 Å². The highest BCUT2D eigenvalue weighted by Gasteiger charge is 2.39. The molecule has 0 aromatic rings. The van der Waals surface area contributed by atoms with Gasteiger partial charge in [0.05, 0.1) is 7.11 Å². The quantitative estimate of drug-likeness (QED) is 0.554. The molecule has 0 saturated carbocycles. The maximum atomic E-state index is 11.6. The number of carbonyl (C=O) groups excluding carboxylic acids is 2. The van der Waals surface area contributed by atoms with Crippen LogP contribution in [0.2, 0.25) is 0 Å². The van der Waals surface area contributed by atoms with Crippen molar-refractivity contribution in [1.82, 2.24) is 4.90 Å². The van der Waals surface area contributed by atoms with Crippen molar-refractivity contribution in [2.45, 2.75) is 26.3 Å². The smallest absolute Gasteiger partial charge is 0.410 e. The topological polar surface area (TPSA) is 55.8 Å². The molecule has 1 saturated heterocycles. The van der Waals surface area contributed by atoms with Crippen LogP contribution in [0.1, 0.15) is 20.3 Å². The zero-order chi connectivity index (χ0) is 12.8. The Bertz CT molecular complexity index is 312. The Kier molecular flexibility index (Phi) is 5.00. The minimum atomic E-state index is -0.471. The zero-order valence-electron chi connectivity index (χ0n) is 10.5. The van der Waals surface area contributed by atoms with Gasteiger partial charge < -0.3 is 9.47 Å². The van der Waals surface area contributed by atoms with Crippen molar-refractivity contribution in [3.05, 3.63) is 12.2 Å². The molecule has 5 nitrogen and oxygen atoms in total. The van der Waals surface area contributed by atoms with E-state index in [0.29, 0.717) is 18.9 Å². The lowest BCUT2D eigenvalue weighted by Crippen LogP contribution is -2.55. The van der Waals surface area contributed by atoms with E-state index in [-0.39, 0.29) is 12.6 Å². The molecule has 1 aliphatic rings. The molecular formula is C12H19NO4. The lowest BCUT2D eigenvalue weighted by Gasteiger charge is -2.37. The summed E-state index contributed by atoms with van der Waals surface area (Å²) in [5, 5.41) is 0. The minimum Gasteiger partial charge on any atom is -0.467 e. The highest BCUT2D eigenvalue weighted by molar-refractivity contribution is 5.83. The van der Waals surface area contributed by atoms with Gasteiger partial charge in [0, 0.05) is 6.54 Å². The summed E-state index contributed by atoms with van der Waals surface area (Å²) in [5.74, 6) is 0.0476. The first-order valence-corrected chi connectivity index (χ1v) is 5.74. The number of likely N-dealkylation sites (tertiary alicyclic amines) is 1. The average Bonchev–Trinajstić information content (AvgIpc) is 2.22. The number of ether oxygens (including phenoxy) is 2. The van der Waals surface area contributed by atoms with Gasteiger partial charge in [-0.1, -0.05) is 26.0 Å². The van der Waals surface area contributed by atoms with Gasteiger partial charge in [0.15, 0.2) is 0 Å². The van der Waals surface area contributed by atoms with Crippen LogP contribution in [0.25, 0.3) is 0 Å². The van der Waals surface area contributed by atoms with Crippen molar-refractivity contribution < 1.29 is 19.1 Å². The molecule has 1 amide bonds. The van der Waals surface area contributed by atoms with Crippen molar-refractivity contribution in [1.29, 1.82) is 0 Å². The van der Waals surface area contributed by atoms with Crippen LogP contribution in [0.3, 0.4) is 0 Å². The molecule has 1 rings (SSSR count). The van der Waals surface area contributed by atoms with Gasteiger partial charge in [0.2, 0.25) is 0 Å². The molecule has 0 aliphatic carbocycles. The van der Waals surface area contributed by atoms with E-state index in [1.807, 2.05) is 19.9 Å². The van der Waals surface area contributed by atoms with E-state index in [9.17, 15) is 9.59 Å². The van der Waals surface area contributed by atoms with Gasteiger partial charge in [-0.3, -0.25) is 4.90 Å². The van der Waals surface area contributed by atoms with Gasteiger partial charge in [-0.05, 0) is 12.3 Å². The number of allylic oxidation sites excluding steroid dienone is 1. The van der Waals surface area contributed by atoms with Crippen LogP contribution in [0.15, 0.2) is 12.2 Å². The van der Waals surface area contributed by atoms with E-state index in [2.05, 4.69) is 4.74 Å². The molecular weight excluding hydrogens is 222 g/mol. The van der Waals surface area contributed by atoms with Crippen molar-refractivity contribution in [2.75, 3.05) is 20.3 Å². The molecule has 17 heavy (non-hydrogen) atoms. The second kappa shape index (κ2) is 6.27. The Hall–Kier alpha value is -1.52. The maximum Gasteiger partial charge on any atom is 0.410 e. The van der Waals surface area contributed by atoms with E-state index < -0.39 is 12.1 Å². The maximum absolute atomic E-state index is 11.6. The van der Waals surface area contributed by atoms with Gasteiger partial charge in [0.1, 0.15) is 12.6 Å². The molecule has 1 atom stereocenters. The third kappa shape index (κ3) is 3.76. The van der Waals surface area contributed by atoms with Crippen LogP contribution in [0, 0.1) is 5.92 Å². The van der Waals surface area contributed by atoms with Gasteiger partial charge >= 0.3 is 12.1 Å². The second-order valence-corrected chi connectivity index (χ2v) is 4.27. The van der Waals surface area contributed by atoms with Crippen molar-refractivity contribution in [2.24, 2.45) is 5.92 Å². The molecule has 0 bridgehead atoms. The predicted octanol–water partition coefficient (Wildman–Crippen LogP) is 1.58. The van der Waals surface area contributed by atoms with Gasteiger partial charge in [0.25, 0.3) is 0 Å². The summed E-state index contributed by atoms with van der Waals surface area (Å²) >= 11 is 0. The number of esters is 1. The summed E-state index contributed by atoms with van der Waals surface area (Å²) < 4.78 is 9.60. The molecule has 1 unspecified atom stereocenters. The Labute approximate surface area is 101 Å². The first-order valence-electron chi connectivity index (χ1n) is 5.74. The van der Waals surface area contributed by atoms with Crippen LogP contribution in [-0.2, 0) is 14.3 Å². The summed E-state index contributed by atoms with van der Waals surface area (Å²) in [7, 11) is 1.32. The van der Waals surface area contributed by atoms with E-state index in [0.717, 1.165) is 0 Å². The van der Waals surface area contributed by atoms with Crippen LogP contribution in [0.4, 0.5) is 4.79 Å². The number of hydrogen-bond acceptors (Lipinski definition) is 4. The fourth-order valence-corrected chi connectivity index (χ4v) is 1.52. The first kappa shape index (κ1) is 13.5. The van der Waals surface area contributed by atoms with Crippen LogP contribution >= 0.6 is 0 Å². The predicted molar refractivity (Wildman–Crippen MR) is 62.5 cm³/mol. The molecule has 1 heterocycles. The monoisotopic (exact) mass is 241 g/mol. The van der Waals surface area contributed by atoms with Gasteiger partial charge in [-0.2, -0.15) is 0 Å². The number of hydrogen-bond donors (Lipinski definition) is 0. The molecule has 96 valence electrons. The first-order chi connectivity index (χ1) is 8.06. The highest BCUT2D eigenvalue weighted by Crippen LogP contribution is 2.19. The molecule has 5 heteroatoms. The van der Waals surface area contributed by atoms with E-state index in [1.54, 1.807) is 6.08 Å². The van der Waals surface area contributed by atoms with Crippen LogP contribution in [-0.4, -0.2) is 43.3 Å². The summed E-state index contributed by atoms with van der Waals surface area (Å²) in [5.41, 5.74) is 0. The highest BCUT2D eigenvalue weighted by atomic mass is 16.6. The third-order valence-corrected chi connectivity index (χ3v) is 2.55. The second-order valence-electron chi connectivity index (χ2n) is 4.27. The lowest BCUT2D eigenvalue weighted by atomic mass is 10.1. The van der Waals surface area contributed by atoms with Crippen molar-refractivity contribution in [3.8, 4) is 0 Å². The molecule has 0 aromatic heterocycles. The standard InChI is InChI=1S/C12H19NO4/c1-9(2)5-4-8-17-12(15)13-7-6-10(13)11(14)16-3/h4-5,9-10H,6-8H2,1-3H3. The van der Waals surface area contributed by atoms with Gasteiger partial charge in [-0.25, -0.2) is 9.59 Å². The van der Waals surface area contributed by atoms with E-state index in [4.69, 9.17) is 4.74 Å². The lowest BCUT2D eigenvalue weighted by molar-refractivity contribution is -0.150. The summed E-state index contributed by atoms with van der Waals surface area (Å²) in [6.45, 7) is 4.87. The number of amides is 1. The zero-order valence-corrected chi connectivity index (χ0v) is 10.5. The van der Waals surface area contributed by atoms with Crippen LogP contribution < -0.4 is 0 Å². The Balaban J connectivity index is 2.31. The third-order valence-electron chi connectivity index (χ3n) is 2.55. The number of carbonyl (C=O) groups is 2. The molecule has 1 aliphatic heterocycles. The van der Waals surface area contributed by atoms with Crippen molar-refractivity contribution >= 4 is 12.1 Å². The number of nitrogens with zero attached hydrogens (tertiary/aromatic N) is 1. The van der Waals surface area contributed by atoms with E-state index in [1.165, 1.54) is 12.0 Å². The summed E-state index contributed by atoms with van der Waals surface area (Å²) in [6, 6.07) is -0.471. The summed E-state index contributed by atoms with van der Waals surface area (Å²) in [6.07, 6.45) is 3.94. The van der Waals surface area contributed by atoms with Crippen LogP contribution in [0.5, 0.6) is 0 Å². The molecule has 1 fully saturated rings.